The number of H-pyrrole nitrogens is 1. The van der Waals surface area contributed by atoms with Crippen LogP contribution in [0.5, 0.6) is 0 Å². The largest absolute Gasteiger partial charge is 0.364 e. The van der Waals surface area contributed by atoms with E-state index in [1.807, 2.05) is 19.2 Å². The fraction of sp³-hybridized carbons (Fsp3) is 0.385. The first-order valence-electron chi connectivity index (χ1n) is 5.90. The normalized spacial score (nSPS) is 9.82. The van der Waals surface area contributed by atoms with Crippen molar-refractivity contribution in [2.75, 3.05) is 0 Å². The van der Waals surface area contributed by atoms with Gasteiger partial charge in [0.2, 0.25) is 0 Å². The molecule has 0 aromatic carbocycles. The number of hydrogen-bond acceptors (Lipinski definition) is 2. The van der Waals surface area contributed by atoms with Crippen molar-refractivity contribution in [2.45, 2.75) is 33.6 Å². The molecule has 4 nitrogen and oxygen atoms in total. The monoisotopic (exact) mass is 233 g/mol. The van der Waals surface area contributed by atoms with Gasteiger partial charge in [-0.2, -0.15) is 0 Å². The van der Waals surface area contributed by atoms with E-state index < -0.39 is 5.91 Å². The van der Waals surface area contributed by atoms with E-state index in [-0.39, 0.29) is 0 Å². The lowest BCUT2D eigenvalue weighted by atomic mass is 10.1. The average molecular weight is 233 g/mol. The second-order valence-electron chi connectivity index (χ2n) is 3.83. The van der Waals surface area contributed by atoms with Crippen LogP contribution in [-0.2, 0) is 6.42 Å². The number of aromatic nitrogens is 2. The third-order valence-corrected chi connectivity index (χ3v) is 2.25. The van der Waals surface area contributed by atoms with E-state index in [1.165, 1.54) is 6.42 Å². The molecule has 0 aliphatic heterocycles. The van der Waals surface area contributed by atoms with Crippen molar-refractivity contribution in [3.8, 4) is 0 Å². The van der Waals surface area contributed by atoms with E-state index in [0.29, 0.717) is 5.69 Å². The molecular weight excluding hydrogens is 214 g/mol. The molecule has 2 heterocycles. The van der Waals surface area contributed by atoms with E-state index in [1.54, 1.807) is 6.07 Å². The van der Waals surface area contributed by atoms with E-state index in [9.17, 15) is 4.79 Å². The fourth-order valence-corrected chi connectivity index (χ4v) is 1.53. The SMILES string of the molecule is CCC.CCc1cc(C(N)=O)nc2[nH]ccc12. The lowest BCUT2D eigenvalue weighted by Gasteiger charge is -2.01. The number of nitrogens with one attached hydrogen (secondary N) is 1. The van der Waals surface area contributed by atoms with E-state index in [0.717, 1.165) is 23.0 Å². The van der Waals surface area contributed by atoms with Gasteiger partial charge in [-0.1, -0.05) is 27.2 Å². The van der Waals surface area contributed by atoms with Gasteiger partial charge < -0.3 is 10.7 Å². The molecule has 0 aliphatic carbocycles. The Labute approximate surface area is 101 Å². The predicted octanol–water partition coefficient (Wildman–Crippen LogP) is 2.64. The number of hydrogen-bond donors (Lipinski definition) is 2. The lowest BCUT2D eigenvalue weighted by Crippen LogP contribution is -2.13. The number of carbonyl (C=O) groups excluding carboxylic acids is 1. The number of rotatable bonds is 2. The molecular formula is C13H19N3O. The maximum Gasteiger partial charge on any atom is 0.267 e. The Kier molecular flexibility index (Phi) is 4.69. The molecule has 0 fully saturated rings. The van der Waals surface area contributed by atoms with Gasteiger partial charge in [0.1, 0.15) is 11.3 Å². The summed E-state index contributed by atoms with van der Waals surface area (Å²) in [6, 6.07) is 3.70. The van der Waals surface area contributed by atoms with Crippen LogP contribution in [0.3, 0.4) is 0 Å². The Balaban J connectivity index is 0.000000437. The van der Waals surface area contributed by atoms with Crippen LogP contribution in [0.15, 0.2) is 18.3 Å². The summed E-state index contributed by atoms with van der Waals surface area (Å²) in [5.41, 5.74) is 7.31. The third-order valence-electron chi connectivity index (χ3n) is 2.25. The number of nitrogens with two attached hydrogens (primary N) is 1. The van der Waals surface area contributed by atoms with Crippen LogP contribution in [0.1, 0.15) is 43.2 Å². The summed E-state index contributed by atoms with van der Waals surface area (Å²) in [5.74, 6) is -0.490. The predicted molar refractivity (Wildman–Crippen MR) is 70.0 cm³/mol. The number of primary amides is 1. The average Bonchev–Trinajstić information content (AvgIpc) is 2.76. The number of carbonyl (C=O) groups is 1. The standard InChI is InChI=1S/C10H11N3O.C3H8/c1-2-6-5-8(9(11)14)13-10-7(6)3-4-12-10;1-3-2/h3-5H,2H2,1H3,(H2,11,14)(H,12,13);3H2,1-2H3. The molecule has 3 N–H and O–H groups in total. The number of nitrogens with zero attached hydrogens (tertiary/aromatic N) is 1. The molecule has 0 radical (unpaired) electrons. The number of fused-ring (bicyclic) bond motifs is 1. The van der Waals surface area contributed by atoms with Gasteiger partial charge in [-0.05, 0) is 24.1 Å². The molecule has 0 spiro atoms. The summed E-state index contributed by atoms with van der Waals surface area (Å²) in [5, 5.41) is 1.05. The maximum atomic E-state index is 11.0. The van der Waals surface area contributed by atoms with Crippen molar-refractivity contribution in [3.05, 3.63) is 29.6 Å². The van der Waals surface area contributed by atoms with Gasteiger partial charge >= 0.3 is 0 Å². The zero-order chi connectivity index (χ0) is 12.8. The molecule has 2 aromatic heterocycles. The van der Waals surface area contributed by atoms with Gasteiger partial charge in [0, 0.05) is 11.6 Å². The van der Waals surface area contributed by atoms with Crippen LogP contribution < -0.4 is 5.73 Å². The first kappa shape index (κ1) is 13.2. The molecule has 17 heavy (non-hydrogen) atoms. The third kappa shape index (κ3) is 3.06. The Bertz CT molecular complexity index is 502. The Morgan fingerprint density at radius 2 is 2.06 bits per heavy atom. The highest BCUT2D eigenvalue weighted by atomic mass is 16.1. The number of aryl methyl sites for hydroxylation is 1. The van der Waals surface area contributed by atoms with Crippen LogP contribution in [0.25, 0.3) is 11.0 Å². The summed E-state index contributed by atoms with van der Waals surface area (Å²) in [6.45, 7) is 6.28. The minimum absolute atomic E-state index is 0.316. The molecule has 0 saturated heterocycles. The molecule has 2 rings (SSSR count). The number of amides is 1. The van der Waals surface area contributed by atoms with Crippen LogP contribution in [0.4, 0.5) is 0 Å². The van der Waals surface area contributed by atoms with Gasteiger partial charge in [-0.25, -0.2) is 4.98 Å². The van der Waals surface area contributed by atoms with Gasteiger partial charge in [0.25, 0.3) is 5.91 Å². The van der Waals surface area contributed by atoms with Gasteiger partial charge in [0.15, 0.2) is 0 Å². The molecule has 0 unspecified atom stereocenters. The molecule has 92 valence electrons. The first-order valence-corrected chi connectivity index (χ1v) is 5.90. The summed E-state index contributed by atoms with van der Waals surface area (Å²) in [4.78, 5) is 18.1. The highest BCUT2D eigenvalue weighted by Crippen LogP contribution is 2.17. The van der Waals surface area contributed by atoms with E-state index >= 15 is 0 Å². The van der Waals surface area contributed by atoms with E-state index in [2.05, 4.69) is 23.8 Å². The molecule has 0 saturated carbocycles. The minimum Gasteiger partial charge on any atom is -0.364 e. The van der Waals surface area contributed by atoms with Gasteiger partial charge in [-0.15, -0.1) is 0 Å². The highest BCUT2D eigenvalue weighted by Gasteiger charge is 2.08. The van der Waals surface area contributed by atoms with Crippen LogP contribution in [0.2, 0.25) is 0 Å². The van der Waals surface area contributed by atoms with Crippen molar-refractivity contribution < 1.29 is 4.79 Å². The Hall–Kier alpha value is -1.84. The molecule has 1 amide bonds. The number of aromatic amines is 1. The van der Waals surface area contributed by atoms with Gasteiger partial charge in [-0.3, -0.25) is 4.79 Å². The molecule has 4 heteroatoms. The highest BCUT2D eigenvalue weighted by molar-refractivity contribution is 5.94. The second kappa shape index (κ2) is 6.03. The van der Waals surface area contributed by atoms with Crippen molar-refractivity contribution >= 4 is 16.9 Å². The summed E-state index contributed by atoms with van der Waals surface area (Å²) in [6.07, 6.45) is 3.92. The fourth-order valence-electron chi connectivity index (χ4n) is 1.53. The van der Waals surface area contributed by atoms with Crippen LogP contribution in [-0.4, -0.2) is 15.9 Å². The van der Waals surface area contributed by atoms with Gasteiger partial charge in [0.05, 0.1) is 0 Å². The molecule has 0 atom stereocenters. The Morgan fingerprint density at radius 3 is 2.59 bits per heavy atom. The van der Waals surface area contributed by atoms with Crippen molar-refractivity contribution in [2.24, 2.45) is 5.73 Å². The van der Waals surface area contributed by atoms with E-state index in [4.69, 9.17) is 5.73 Å². The smallest absolute Gasteiger partial charge is 0.267 e. The van der Waals surface area contributed by atoms with Crippen molar-refractivity contribution in [1.82, 2.24) is 9.97 Å². The number of pyridine rings is 1. The van der Waals surface area contributed by atoms with Crippen LogP contribution >= 0.6 is 0 Å². The summed E-state index contributed by atoms with van der Waals surface area (Å²) >= 11 is 0. The Morgan fingerprint density at radius 1 is 1.41 bits per heavy atom. The first-order chi connectivity index (χ1) is 8.13. The van der Waals surface area contributed by atoms with Crippen LogP contribution in [0, 0.1) is 0 Å². The summed E-state index contributed by atoms with van der Waals surface area (Å²) in [7, 11) is 0. The molecule has 0 aliphatic rings. The zero-order valence-electron chi connectivity index (χ0n) is 10.6. The summed E-state index contributed by atoms with van der Waals surface area (Å²) < 4.78 is 0. The maximum absolute atomic E-state index is 11.0. The minimum atomic E-state index is -0.490. The quantitative estimate of drug-likeness (QED) is 0.837. The molecule has 2 aromatic rings. The lowest BCUT2D eigenvalue weighted by molar-refractivity contribution is 0.0996. The van der Waals surface area contributed by atoms with Crippen molar-refractivity contribution in [1.29, 1.82) is 0 Å². The topological polar surface area (TPSA) is 71.8 Å². The second-order valence-corrected chi connectivity index (χ2v) is 3.83. The molecule has 0 bridgehead atoms. The van der Waals surface area contributed by atoms with Crippen molar-refractivity contribution in [3.63, 3.8) is 0 Å². The zero-order valence-corrected chi connectivity index (χ0v) is 10.6.